The first-order valence-corrected chi connectivity index (χ1v) is 7.56. The Morgan fingerprint density at radius 2 is 2.21 bits per heavy atom. The highest BCUT2D eigenvalue weighted by Crippen LogP contribution is 2.33. The number of fused-ring (bicyclic) bond motifs is 1. The van der Waals surface area contributed by atoms with Gasteiger partial charge in [0.25, 0.3) is 0 Å². The SMILES string of the molecule is CC1CN2CCCC2CN1c1cccc(Cl)c1CN. The molecule has 0 aromatic heterocycles. The second-order valence-corrected chi connectivity index (χ2v) is 6.14. The lowest BCUT2D eigenvalue weighted by molar-refractivity contribution is 0.203. The van der Waals surface area contributed by atoms with Crippen LogP contribution >= 0.6 is 11.6 Å². The molecule has 0 radical (unpaired) electrons. The Kier molecular flexibility index (Phi) is 3.70. The molecule has 0 saturated carbocycles. The third-order valence-corrected chi connectivity index (χ3v) is 4.90. The number of piperazine rings is 1. The second-order valence-electron chi connectivity index (χ2n) is 5.73. The summed E-state index contributed by atoms with van der Waals surface area (Å²) in [4.78, 5) is 5.13. The number of hydrogen-bond donors (Lipinski definition) is 1. The van der Waals surface area contributed by atoms with Crippen LogP contribution < -0.4 is 10.6 Å². The monoisotopic (exact) mass is 279 g/mol. The van der Waals surface area contributed by atoms with Crippen LogP contribution in [0.4, 0.5) is 5.69 Å². The minimum absolute atomic E-state index is 0.507. The van der Waals surface area contributed by atoms with E-state index >= 15 is 0 Å². The van der Waals surface area contributed by atoms with Crippen molar-refractivity contribution in [2.45, 2.75) is 38.4 Å². The van der Waals surface area contributed by atoms with Gasteiger partial charge in [-0.1, -0.05) is 17.7 Å². The van der Waals surface area contributed by atoms with Crippen molar-refractivity contribution in [3.63, 3.8) is 0 Å². The minimum Gasteiger partial charge on any atom is -0.366 e. The largest absolute Gasteiger partial charge is 0.366 e. The molecule has 1 aromatic rings. The van der Waals surface area contributed by atoms with E-state index in [1.165, 1.54) is 25.1 Å². The summed E-state index contributed by atoms with van der Waals surface area (Å²) in [5.74, 6) is 0. The summed E-state index contributed by atoms with van der Waals surface area (Å²) in [7, 11) is 0. The first kappa shape index (κ1) is 13.2. The first-order valence-electron chi connectivity index (χ1n) is 7.19. The molecule has 4 heteroatoms. The number of rotatable bonds is 2. The van der Waals surface area contributed by atoms with E-state index in [-0.39, 0.29) is 0 Å². The van der Waals surface area contributed by atoms with Crippen LogP contribution in [0.2, 0.25) is 5.02 Å². The molecular formula is C15H22ClN3. The Bertz CT molecular complexity index is 463. The van der Waals surface area contributed by atoms with E-state index in [9.17, 15) is 0 Å². The molecule has 0 bridgehead atoms. The van der Waals surface area contributed by atoms with Gasteiger partial charge in [-0.2, -0.15) is 0 Å². The molecule has 2 saturated heterocycles. The zero-order valence-electron chi connectivity index (χ0n) is 11.5. The molecule has 3 nitrogen and oxygen atoms in total. The molecule has 2 N–H and O–H groups in total. The molecule has 3 rings (SSSR count). The molecule has 19 heavy (non-hydrogen) atoms. The summed E-state index contributed by atoms with van der Waals surface area (Å²) >= 11 is 6.29. The van der Waals surface area contributed by atoms with Gasteiger partial charge in [0.2, 0.25) is 0 Å². The number of nitrogens with zero attached hydrogens (tertiary/aromatic N) is 2. The first-order chi connectivity index (χ1) is 9.20. The maximum absolute atomic E-state index is 6.29. The van der Waals surface area contributed by atoms with Crippen molar-refractivity contribution < 1.29 is 0 Å². The van der Waals surface area contributed by atoms with Gasteiger partial charge in [-0.15, -0.1) is 0 Å². The van der Waals surface area contributed by atoms with E-state index in [2.05, 4.69) is 22.8 Å². The summed E-state index contributed by atoms with van der Waals surface area (Å²) in [6, 6.07) is 7.36. The van der Waals surface area contributed by atoms with Gasteiger partial charge in [0.1, 0.15) is 0 Å². The Morgan fingerprint density at radius 3 is 3.00 bits per heavy atom. The predicted molar refractivity (Wildman–Crippen MR) is 80.7 cm³/mol. The third-order valence-electron chi connectivity index (χ3n) is 4.54. The Labute approximate surface area is 120 Å². The van der Waals surface area contributed by atoms with Crippen molar-refractivity contribution in [3.8, 4) is 0 Å². The van der Waals surface area contributed by atoms with Crippen molar-refractivity contribution in [3.05, 3.63) is 28.8 Å². The molecule has 2 atom stereocenters. The summed E-state index contributed by atoms with van der Waals surface area (Å²) in [5, 5.41) is 0.793. The highest BCUT2D eigenvalue weighted by molar-refractivity contribution is 6.31. The smallest absolute Gasteiger partial charge is 0.0471 e. The van der Waals surface area contributed by atoms with Crippen LogP contribution in [0.5, 0.6) is 0 Å². The quantitative estimate of drug-likeness (QED) is 0.903. The van der Waals surface area contributed by atoms with Gasteiger partial charge in [-0.3, -0.25) is 4.90 Å². The van der Waals surface area contributed by atoms with Gasteiger partial charge in [-0.05, 0) is 38.4 Å². The molecule has 2 unspecified atom stereocenters. The van der Waals surface area contributed by atoms with Gasteiger partial charge in [0.15, 0.2) is 0 Å². The van der Waals surface area contributed by atoms with Gasteiger partial charge >= 0.3 is 0 Å². The number of anilines is 1. The number of nitrogens with two attached hydrogens (primary N) is 1. The van der Waals surface area contributed by atoms with E-state index in [0.717, 1.165) is 23.7 Å². The summed E-state index contributed by atoms with van der Waals surface area (Å²) in [6.07, 6.45) is 2.66. The molecular weight excluding hydrogens is 258 g/mol. The molecule has 0 aliphatic carbocycles. The second kappa shape index (κ2) is 5.31. The van der Waals surface area contributed by atoms with Crippen LogP contribution in [0.25, 0.3) is 0 Å². The maximum atomic E-state index is 6.29. The van der Waals surface area contributed by atoms with Crippen LogP contribution in [0, 0.1) is 0 Å². The van der Waals surface area contributed by atoms with Gasteiger partial charge in [0, 0.05) is 48.0 Å². The van der Waals surface area contributed by atoms with Crippen molar-refractivity contribution in [2.75, 3.05) is 24.5 Å². The Hall–Kier alpha value is -0.770. The van der Waals surface area contributed by atoms with Crippen molar-refractivity contribution >= 4 is 17.3 Å². The van der Waals surface area contributed by atoms with Crippen LogP contribution in [0.15, 0.2) is 18.2 Å². The van der Waals surface area contributed by atoms with E-state index in [0.29, 0.717) is 18.6 Å². The van der Waals surface area contributed by atoms with Crippen molar-refractivity contribution in [2.24, 2.45) is 5.73 Å². The van der Waals surface area contributed by atoms with E-state index in [1.54, 1.807) is 0 Å². The van der Waals surface area contributed by atoms with Crippen molar-refractivity contribution in [1.29, 1.82) is 0 Å². The molecule has 0 spiro atoms. The van der Waals surface area contributed by atoms with Gasteiger partial charge in [-0.25, -0.2) is 0 Å². The van der Waals surface area contributed by atoms with Crippen LogP contribution in [0.1, 0.15) is 25.3 Å². The zero-order valence-corrected chi connectivity index (χ0v) is 12.2. The van der Waals surface area contributed by atoms with Crippen LogP contribution in [0.3, 0.4) is 0 Å². The minimum atomic E-state index is 0.507. The fourth-order valence-electron chi connectivity index (χ4n) is 3.54. The number of halogens is 1. The zero-order chi connectivity index (χ0) is 13.4. The molecule has 2 aliphatic heterocycles. The lowest BCUT2D eigenvalue weighted by atomic mass is 10.0. The average Bonchev–Trinajstić information content (AvgIpc) is 2.84. The summed E-state index contributed by atoms with van der Waals surface area (Å²) in [6.45, 7) is 6.33. The molecule has 1 aromatic carbocycles. The summed E-state index contributed by atoms with van der Waals surface area (Å²) < 4.78 is 0. The highest BCUT2D eigenvalue weighted by Gasteiger charge is 2.35. The number of benzene rings is 1. The van der Waals surface area contributed by atoms with Crippen molar-refractivity contribution in [1.82, 2.24) is 4.90 Å². The lowest BCUT2D eigenvalue weighted by Gasteiger charge is -2.44. The fraction of sp³-hybridized carbons (Fsp3) is 0.600. The normalized spacial score (nSPS) is 27.6. The Balaban J connectivity index is 1.91. The predicted octanol–water partition coefficient (Wildman–Crippen LogP) is 2.47. The fourth-order valence-corrected chi connectivity index (χ4v) is 3.79. The molecule has 0 amide bonds. The standard InChI is InChI=1S/C15H22ClN3/c1-11-9-18-7-3-4-12(18)10-19(11)15-6-2-5-14(16)13(15)8-17/h2,5-6,11-12H,3-4,7-10,17H2,1H3. The van der Waals surface area contributed by atoms with Crippen LogP contribution in [-0.4, -0.2) is 36.6 Å². The average molecular weight is 280 g/mol. The third kappa shape index (κ3) is 2.35. The number of hydrogen-bond acceptors (Lipinski definition) is 3. The maximum Gasteiger partial charge on any atom is 0.0471 e. The van der Waals surface area contributed by atoms with Crippen LogP contribution in [-0.2, 0) is 6.54 Å². The van der Waals surface area contributed by atoms with E-state index in [4.69, 9.17) is 17.3 Å². The molecule has 2 fully saturated rings. The van der Waals surface area contributed by atoms with Gasteiger partial charge in [0.05, 0.1) is 0 Å². The Morgan fingerprint density at radius 1 is 1.37 bits per heavy atom. The van der Waals surface area contributed by atoms with E-state index < -0.39 is 0 Å². The molecule has 2 heterocycles. The molecule has 2 aliphatic rings. The highest BCUT2D eigenvalue weighted by atomic mass is 35.5. The summed E-state index contributed by atoms with van der Waals surface area (Å²) in [5.41, 5.74) is 8.21. The molecule has 104 valence electrons. The van der Waals surface area contributed by atoms with Gasteiger partial charge < -0.3 is 10.6 Å². The lowest BCUT2D eigenvalue weighted by Crippen LogP contribution is -2.55. The van der Waals surface area contributed by atoms with E-state index in [1.807, 2.05) is 12.1 Å². The topological polar surface area (TPSA) is 32.5 Å².